The van der Waals surface area contributed by atoms with Gasteiger partial charge in [0.05, 0.1) is 143 Å². The molecule has 7 N–H and O–H groups in total. The second-order valence-electron chi connectivity index (χ2n) is 37.5. The van der Waals surface area contributed by atoms with Crippen molar-refractivity contribution in [3.05, 3.63) is 204 Å². The summed E-state index contributed by atoms with van der Waals surface area (Å²) in [5.74, 6) is 0.579. The summed E-state index contributed by atoms with van der Waals surface area (Å²) >= 11 is 0. The molecule has 10 saturated heterocycles. The predicted octanol–water partition coefficient (Wildman–Crippen LogP) is 14.6. The Kier molecular flexibility index (Phi) is 43.9. The standard InChI is InChI=1S/C45H66O8.C39H60O8.C9H13NO.C6H5.C4H10O.BrH.Mg/c1-8-9-10-14-20-39-43(5,48)23-21-36-37(49-39)22-24-44(6)41(50-36)27-38-42(53-44)34(47)28-45(7)40(51-38)26-31(4)35(52-45)19-15-16-29(2)30(3)25-33(46)32-17-12-11-13-18-32;1-8-9-10-11-15-33-37(5,42)19-16-30-31(43-33)17-20-38(6)35(44-30)23-32-36(47-38)28(41)24-39(7)34(45-32)22-27(4)29(46-39)14-12-13-25(2)26(3)18-21-40;1-10-7-9(11)8-5-3-2-4-6-8;1-2-4-6-5-3-1;1-3-5-4-2;;/h8-13,16-18,25,31,33-42,46-48H,1,14-15,19-24,26-28H2,2-7H3;8-10,13,18,21,27-36,41-42H,1,11-12,14-17,19-20,22-24H2,2-7H3;2-6,9-11H,7H2,1H3;1-5H;3-4H2,1-2H3;1H;/q;;;-1;;;+2/p-1/b10-9-,29-16+,30-25+;10-9-,25-13+,26-18+;;;;;. The number of fused-ring (bicyclic) bond motifs is 8. The van der Waals surface area contributed by atoms with E-state index < -0.39 is 64.1 Å². The fourth-order valence-corrected chi connectivity index (χ4v) is 19.7. The molecule has 0 bridgehead atoms. The fraction of sp³-hybridized carbons (Fsp3) is 0.660. The molecule has 19 nitrogen and oxygen atoms in total. The zero-order chi connectivity index (χ0) is 88.4. The Morgan fingerprint density at radius 1 is 0.524 bits per heavy atom. The Labute approximate surface area is 771 Å². The number of likely N-dealkylation sites (N-methyl/N-ethyl adjacent to an activating group) is 1. The number of ether oxygens (including phenoxy) is 11. The minimum Gasteiger partial charge on any atom is -1.00 e. The van der Waals surface area contributed by atoms with Crippen molar-refractivity contribution >= 4 is 29.3 Å². The van der Waals surface area contributed by atoms with Crippen LogP contribution >= 0.6 is 0 Å². The number of aliphatic hydroxyl groups excluding tert-OH is 4. The van der Waals surface area contributed by atoms with Crippen LogP contribution in [-0.4, -0.2) is 230 Å². The van der Waals surface area contributed by atoms with E-state index in [9.17, 15) is 35.4 Å². The first-order valence-electron chi connectivity index (χ1n) is 46.0. The summed E-state index contributed by atoms with van der Waals surface area (Å²) in [6, 6.07) is 31.8. The number of nitrogens with one attached hydrogen (secondary N) is 1. The summed E-state index contributed by atoms with van der Waals surface area (Å²) in [4.78, 5) is 10.9. The number of carbonyl (C=O) groups excluding carboxylic acids is 1. The summed E-state index contributed by atoms with van der Waals surface area (Å²) in [6.07, 6.45) is 30.5. The van der Waals surface area contributed by atoms with Crippen LogP contribution in [0.4, 0.5) is 0 Å². The molecule has 13 rings (SSSR count). The number of aliphatic hydroxyl groups is 6. The van der Waals surface area contributed by atoms with Gasteiger partial charge in [0.1, 0.15) is 18.5 Å². The van der Waals surface area contributed by atoms with Crippen LogP contribution in [0.1, 0.15) is 262 Å². The number of rotatable bonds is 24. The van der Waals surface area contributed by atoms with Crippen LogP contribution in [0.2, 0.25) is 0 Å². The maximum absolute atomic E-state index is 11.8. The van der Waals surface area contributed by atoms with Crippen LogP contribution in [-0.2, 0) is 56.9 Å². The van der Waals surface area contributed by atoms with Gasteiger partial charge in [0.2, 0.25) is 0 Å². The molecule has 0 spiro atoms. The smallest absolute Gasteiger partial charge is 1.00 e. The second kappa shape index (κ2) is 51.0. The van der Waals surface area contributed by atoms with Gasteiger partial charge in [-0.15, -0.1) is 0 Å². The van der Waals surface area contributed by atoms with Gasteiger partial charge in [0.15, 0.2) is 0 Å². The van der Waals surface area contributed by atoms with E-state index in [-0.39, 0.29) is 138 Å². The Hall–Kier alpha value is -4.22. The molecular formula is C103H154BrMgNO18. The summed E-state index contributed by atoms with van der Waals surface area (Å²) in [7, 11) is 1.83. The molecule has 28 unspecified atom stereocenters. The Bertz CT molecular complexity index is 3800. The van der Waals surface area contributed by atoms with E-state index in [1.54, 1.807) is 18.2 Å². The molecule has 0 aliphatic carbocycles. The predicted molar refractivity (Wildman–Crippen MR) is 488 cm³/mol. The Morgan fingerprint density at radius 2 is 0.919 bits per heavy atom. The van der Waals surface area contributed by atoms with Gasteiger partial charge in [-0.2, -0.15) is 36.4 Å². The SMILES string of the molecule is C=C/C=C\CCC1OC2CCC3(C)OC4C(O)CC5(C)OC(CC/C=C(C)/C(C)=C/C(O)c6ccccc6)C(C)CC5OC4CC3OC2CCC1(C)O.C=C/C=C\CCC1OC2CCC3(C)OC4C(O)CC5(C)OC(CC/C=C(C)/C(C)=C/C=O)C(C)CC5OC4CC3OC2CCC1(C)O.CCOCC.CNCC(O)c1ccccc1.[Br-].[Mg+2].[c-]1ccccc1. The van der Waals surface area contributed by atoms with Crippen molar-refractivity contribution in [2.75, 3.05) is 26.8 Å². The van der Waals surface area contributed by atoms with E-state index in [0.717, 1.165) is 149 Å². The quantitative estimate of drug-likeness (QED) is 0.0145. The number of hydrogen-bond donors (Lipinski definition) is 7. The van der Waals surface area contributed by atoms with E-state index in [4.69, 9.17) is 52.1 Å². The Balaban J connectivity index is 0.000000270. The van der Waals surface area contributed by atoms with E-state index in [1.165, 1.54) is 0 Å². The van der Waals surface area contributed by atoms with Crippen molar-refractivity contribution in [3.8, 4) is 0 Å². The normalized spacial score (nSPS) is 37.8. The third-order valence-corrected chi connectivity index (χ3v) is 27.6. The van der Waals surface area contributed by atoms with E-state index >= 15 is 0 Å². The zero-order valence-corrected chi connectivity index (χ0v) is 80.5. The molecule has 10 heterocycles. The molecule has 124 heavy (non-hydrogen) atoms. The molecule has 3 aromatic carbocycles. The van der Waals surface area contributed by atoms with Crippen LogP contribution in [0.15, 0.2) is 187 Å². The summed E-state index contributed by atoms with van der Waals surface area (Å²) in [5, 5.41) is 69.3. The second-order valence-corrected chi connectivity index (χ2v) is 37.5. The number of carbonyl (C=O) groups is 1. The van der Waals surface area contributed by atoms with Crippen LogP contribution in [0, 0.1) is 17.9 Å². The first kappa shape index (κ1) is 107. The maximum atomic E-state index is 11.8. The van der Waals surface area contributed by atoms with Gasteiger partial charge in [0, 0.05) is 45.4 Å². The minimum absolute atomic E-state index is 0. The van der Waals surface area contributed by atoms with Crippen molar-refractivity contribution in [2.45, 2.75) is 394 Å². The van der Waals surface area contributed by atoms with Crippen molar-refractivity contribution in [1.29, 1.82) is 0 Å². The van der Waals surface area contributed by atoms with Crippen LogP contribution < -0.4 is 22.3 Å². The zero-order valence-electron chi connectivity index (χ0n) is 77.5. The van der Waals surface area contributed by atoms with Gasteiger partial charge < -0.3 is 105 Å². The average molecular weight is 1800 g/mol. The molecule has 0 saturated carbocycles. The van der Waals surface area contributed by atoms with Crippen LogP contribution in [0.5, 0.6) is 0 Å². The van der Waals surface area contributed by atoms with Crippen molar-refractivity contribution in [3.63, 3.8) is 0 Å². The van der Waals surface area contributed by atoms with Gasteiger partial charge in [-0.05, 0) is 252 Å². The van der Waals surface area contributed by atoms with Gasteiger partial charge in [-0.25, -0.2) is 0 Å². The van der Waals surface area contributed by atoms with Crippen molar-refractivity contribution in [2.24, 2.45) is 11.8 Å². The largest absolute Gasteiger partial charge is 2.00 e. The summed E-state index contributed by atoms with van der Waals surface area (Å²) in [6.45, 7) is 38.6. The summed E-state index contributed by atoms with van der Waals surface area (Å²) < 4.78 is 73.4. The first-order valence-corrected chi connectivity index (χ1v) is 46.0. The van der Waals surface area contributed by atoms with Crippen LogP contribution in [0.25, 0.3) is 0 Å². The van der Waals surface area contributed by atoms with Gasteiger partial charge in [0.25, 0.3) is 0 Å². The van der Waals surface area contributed by atoms with Gasteiger partial charge in [-0.3, -0.25) is 4.79 Å². The van der Waals surface area contributed by atoms with Gasteiger partial charge >= 0.3 is 23.1 Å². The molecule has 21 heteroatoms. The van der Waals surface area contributed by atoms with Crippen molar-refractivity contribution in [1.82, 2.24) is 5.32 Å². The average Bonchev–Trinajstić information content (AvgIpc) is 1.59. The third kappa shape index (κ3) is 29.9. The molecule has 3 aromatic rings. The van der Waals surface area contributed by atoms with E-state index in [2.05, 4.69) is 97.3 Å². The number of hydrogen-bond acceptors (Lipinski definition) is 19. The number of halogens is 1. The summed E-state index contributed by atoms with van der Waals surface area (Å²) in [5.41, 5.74) is 1.84. The van der Waals surface area contributed by atoms with Gasteiger partial charge in [-0.1, -0.05) is 147 Å². The monoisotopic (exact) mass is 1800 g/mol. The molecule has 688 valence electrons. The molecule has 10 aliphatic heterocycles. The van der Waals surface area contributed by atoms with Crippen molar-refractivity contribution < 1.29 is 105 Å². The molecule has 0 radical (unpaired) electrons. The molecular weight excluding hydrogens is 1640 g/mol. The maximum Gasteiger partial charge on any atom is 2.00 e. The number of allylic oxidation sites excluding steroid dienone is 13. The van der Waals surface area contributed by atoms with Crippen LogP contribution in [0.3, 0.4) is 0 Å². The number of aldehydes is 1. The third-order valence-electron chi connectivity index (χ3n) is 27.6. The first-order chi connectivity index (χ1) is 58.2. The molecule has 28 atom stereocenters. The molecule has 10 aliphatic rings. The Morgan fingerprint density at radius 3 is 1.31 bits per heavy atom. The molecule has 0 aromatic heterocycles. The molecule has 0 amide bonds. The minimum atomic E-state index is -0.930. The number of benzene rings is 3. The molecule has 10 fully saturated rings. The van der Waals surface area contributed by atoms with E-state index in [1.807, 2.05) is 165 Å². The van der Waals surface area contributed by atoms with E-state index in [0.29, 0.717) is 57.4 Å². The topological polar surface area (TPSA) is 252 Å². The fourth-order valence-electron chi connectivity index (χ4n) is 19.7.